The van der Waals surface area contributed by atoms with Crippen LogP contribution < -0.4 is 15.4 Å². The Balaban J connectivity index is 1.59. The van der Waals surface area contributed by atoms with Crippen molar-refractivity contribution in [2.45, 2.75) is 19.4 Å². The van der Waals surface area contributed by atoms with Crippen molar-refractivity contribution in [2.24, 2.45) is 0 Å². The number of nitrogens with one attached hydrogen (secondary N) is 2. The van der Waals surface area contributed by atoms with Gasteiger partial charge in [-0.2, -0.15) is 4.98 Å². The van der Waals surface area contributed by atoms with Crippen LogP contribution in [-0.4, -0.2) is 57.4 Å². The number of carbonyl (C=O) groups excluding carboxylic acids is 2. The second-order valence-corrected chi connectivity index (χ2v) is 6.69. The van der Waals surface area contributed by atoms with Gasteiger partial charge in [-0.1, -0.05) is 18.2 Å². The number of hydrogen-bond acceptors (Lipinski definition) is 7. The predicted octanol–water partition coefficient (Wildman–Crippen LogP) is 2.37. The van der Waals surface area contributed by atoms with Crippen LogP contribution in [0.2, 0.25) is 5.02 Å². The normalized spacial score (nSPS) is 15.7. The summed E-state index contributed by atoms with van der Waals surface area (Å²) in [6.07, 6.45) is 4.83. The molecule has 0 saturated carbocycles. The van der Waals surface area contributed by atoms with E-state index in [2.05, 4.69) is 32.2 Å². The van der Waals surface area contributed by atoms with Crippen LogP contribution in [0.5, 0.6) is 5.88 Å². The van der Waals surface area contributed by atoms with E-state index in [4.69, 9.17) is 16.3 Å². The summed E-state index contributed by atoms with van der Waals surface area (Å²) in [5.41, 5.74) is 0.807. The topological polar surface area (TPSA) is 109 Å². The van der Waals surface area contributed by atoms with Crippen LogP contribution in [0.4, 0.5) is 11.6 Å². The lowest BCUT2D eigenvalue weighted by Gasteiger charge is -2.17. The zero-order chi connectivity index (χ0) is 20.8. The van der Waals surface area contributed by atoms with Crippen molar-refractivity contribution >= 4 is 35.1 Å². The minimum absolute atomic E-state index is 0.000699. The quantitative estimate of drug-likeness (QED) is 0.667. The lowest BCUT2D eigenvalue weighted by Crippen LogP contribution is -2.32. The highest BCUT2D eigenvalue weighted by Crippen LogP contribution is 2.23. The number of anilines is 2. The molecule has 0 radical (unpaired) electrons. The van der Waals surface area contributed by atoms with Crippen molar-refractivity contribution in [2.75, 3.05) is 30.3 Å². The molecule has 29 heavy (non-hydrogen) atoms. The average Bonchev–Trinajstić information content (AvgIpc) is 3.19. The molecule has 10 heteroatoms. The van der Waals surface area contributed by atoms with E-state index in [1.54, 1.807) is 17.0 Å². The first-order valence-electron chi connectivity index (χ1n) is 9.10. The lowest BCUT2D eigenvalue weighted by atomic mass is 10.3. The molecule has 1 fully saturated rings. The van der Waals surface area contributed by atoms with Crippen molar-refractivity contribution in [1.82, 2.24) is 19.9 Å². The Bertz CT molecular complexity index is 905. The number of amides is 2. The van der Waals surface area contributed by atoms with Crippen LogP contribution in [0, 0.1) is 0 Å². The van der Waals surface area contributed by atoms with Gasteiger partial charge in [-0.25, -0.2) is 9.97 Å². The first-order valence-corrected chi connectivity index (χ1v) is 9.48. The predicted molar refractivity (Wildman–Crippen MR) is 109 cm³/mol. The summed E-state index contributed by atoms with van der Waals surface area (Å²) in [4.78, 5) is 38.3. The summed E-state index contributed by atoms with van der Waals surface area (Å²) in [6, 6.07) is 3.21. The molecular weight excluding hydrogens is 396 g/mol. The van der Waals surface area contributed by atoms with Gasteiger partial charge < -0.3 is 20.3 Å². The second-order valence-electron chi connectivity index (χ2n) is 6.29. The van der Waals surface area contributed by atoms with Gasteiger partial charge in [-0.15, -0.1) is 0 Å². The number of halogens is 1. The highest BCUT2D eigenvalue weighted by atomic mass is 35.5. The molecule has 1 aliphatic heterocycles. The van der Waals surface area contributed by atoms with E-state index in [1.807, 2.05) is 6.92 Å². The summed E-state index contributed by atoms with van der Waals surface area (Å²) in [5.74, 6) is 0.210. The Morgan fingerprint density at radius 1 is 1.38 bits per heavy atom. The van der Waals surface area contributed by atoms with Crippen LogP contribution in [0.1, 0.15) is 23.8 Å². The van der Waals surface area contributed by atoms with Crippen LogP contribution in [0.3, 0.4) is 0 Å². The summed E-state index contributed by atoms with van der Waals surface area (Å²) >= 11 is 6.01. The Hall–Kier alpha value is -3.20. The van der Waals surface area contributed by atoms with Gasteiger partial charge in [-0.05, 0) is 31.6 Å². The van der Waals surface area contributed by atoms with Crippen LogP contribution in [-0.2, 0) is 4.79 Å². The van der Waals surface area contributed by atoms with Gasteiger partial charge in [0.25, 0.3) is 5.91 Å². The number of aromatic nitrogens is 3. The molecule has 2 aromatic rings. The SMILES string of the molecule is C=CC(=O)Nc1ccc(C(=O)N2CC[C@@H](Nc3ncc(Cl)c(OCC)n3)C2)nc1. The highest BCUT2D eigenvalue weighted by molar-refractivity contribution is 6.31. The van der Waals surface area contributed by atoms with Gasteiger partial charge in [0.05, 0.1) is 24.7 Å². The van der Waals surface area contributed by atoms with E-state index < -0.39 is 0 Å². The Labute approximate surface area is 173 Å². The molecule has 2 amide bonds. The first kappa shape index (κ1) is 20.5. The van der Waals surface area contributed by atoms with Crippen LogP contribution >= 0.6 is 11.6 Å². The standard InChI is InChI=1S/C19H21ClN6O3/c1-3-16(27)23-12-5-6-15(21-9-12)18(28)26-8-7-13(11-26)24-19-22-10-14(20)17(25-19)29-4-2/h3,5-6,9-10,13H,1,4,7-8,11H2,2H3,(H,23,27)(H,22,24,25)/t13-/m1/s1. The maximum atomic E-state index is 12.7. The van der Waals surface area contributed by atoms with E-state index in [1.165, 1.54) is 12.4 Å². The molecular formula is C19H21ClN6O3. The Morgan fingerprint density at radius 2 is 2.21 bits per heavy atom. The molecule has 3 rings (SSSR count). The maximum absolute atomic E-state index is 12.7. The van der Waals surface area contributed by atoms with E-state index in [0.29, 0.717) is 47.9 Å². The van der Waals surface area contributed by atoms with Crippen molar-refractivity contribution in [3.63, 3.8) is 0 Å². The number of carbonyl (C=O) groups is 2. The molecule has 9 nitrogen and oxygen atoms in total. The fourth-order valence-corrected chi connectivity index (χ4v) is 3.00. The minimum atomic E-state index is -0.337. The zero-order valence-corrected chi connectivity index (χ0v) is 16.6. The summed E-state index contributed by atoms with van der Waals surface area (Å²) in [6.45, 7) is 6.76. The third kappa shape index (κ3) is 5.20. The molecule has 3 heterocycles. The maximum Gasteiger partial charge on any atom is 0.272 e. The molecule has 1 atom stereocenters. The van der Waals surface area contributed by atoms with Gasteiger partial charge in [-0.3, -0.25) is 9.59 Å². The largest absolute Gasteiger partial charge is 0.477 e. The van der Waals surface area contributed by atoms with Gasteiger partial charge in [0.1, 0.15) is 10.7 Å². The molecule has 2 aromatic heterocycles. The molecule has 0 aromatic carbocycles. The van der Waals surface area contributed by atoms with Gasteiger partial charge in [0.15, 0.2) is 0 Å². The molecule has 0 unspecified atom stereocenters. The number of pyridine rings is 1. The lowest BCUT2D eigenvalue weighted by molar-refractivity contribution is -0.111. The number of ether oxygens (including phenoxy) is 1. The first-order chi connectivity index (χ1) is 14.0. The average molecular weight is 417 g/mol. The van der Waals surface area contributed by atoms with Crippen molar-refractivity contribution in [1.29, 1.82) is 0 Å². The zero-order valence-electron chi connectivity index (χ0n) is 15.9. The monoisotopic (exact) mass is 416 g/mol. The number of hydrogen-bond donors (Lipinski definition) is 2. The van der Waals surface area contributed by atoms with Crippen LogP contribution in [0.25, 0.3) is 0 Å². The molecule has 0 aliphatic carbocycles. The Morgan fingerprint density at radius 3 is 2.90 bits per heavy atom. The van der Waals surface area contributed by atoms with E-state index >= 15 is 0 Å². The van der Waals surface area contributed by atoms with Crippen molar-refractivity contribution < 1.29 is 14.3 Å². The molecule has 1 aliphatic rings. The molecule has 1 saturated heterocycles. The van der Waals surface area contributed by atoms with Crippen molar-refractivity contribution in [3.8, 4) is 5.88 Å². The fourth-order valence-electron chi connectivity index (χ4n) is 2.85. The second kappa shape index (κ2) is 9.33. The molecule has 2 N–H and O–H groups in total. The number of nitrogens with zero attached hydrogens (tertiary/aromatic N) is 4. The molecule has 0 bridgehead atoms. The highest BCUT2D eigenvalue weighted by Gasteiger charge is 2.28. The third-order valence-electron chi connectivity index (χ3n) is 4.24. The van der Waals surface area contributed by atoms with Gasteiger partial charge in [0, 0.05) is 19.1 Å². The Kier molecular flexibility index (Phi) is 6.61. The van der Waals surface area contributed by atoms with Crippen molar-refractivity contribution in [3.05, 3.63) is 47.9 Å². The van der Waals surface area contributed by atoms with Gasteiger partial charge >= 0.3 is 0 Å². The number of rotatable bonds is 7. The number of likely N-dealkylation sites (tertiary alicyclic amines) is 1. The molecule has 0 spiro atoms. The smallest absolute Gasteiger partial charge is 0.272 e. The minimum Gasteiger partial charge on any atom is -0.477 e. The van der Waals surface area contributed by atoms with Gasteiger partial charge in [0.2, 0.25) is 17.7 Å². The summed E-state index contributed by atoms with van der Waals surface area (Å²) in [5, 5.41) is 6.15. The van der Waals surface area contributed by atoms with E-state index in [0.717, 1.165) is 12.5 Å². The summed E-state index contributed by atoms with van der Waals surface area (Å²) in [7, 11) is 0. The summed E-state index contributed by atoms with van der Waals surface area (Å²) < 4.78 is 5.37. The fraction of sp³-hybridized carbons (Fsp3) is 0.316. The van der Waals surface area contributed by atoms with E-state index in [9.17, 15) is 9.59 Å². The molecule has 152 valence electrons. The van der Waals surface area contributed by atoms with E-state index in [-0.39, 0.29) is 17.9 Å². The third-order valence-corrected chi connectivity index (χ3v) is 4.50. The van der Waals surface area contributed by atoms with Crippen LogP contribution in [0.15, 0.2) is 37.2 Å².